The van der Waals surface area contributed by atoms with Crippen LogP contribution in [0.15, 0.2) is 72.0 Å². The summed E-state index contributed by atoms with van der Waals surface area (Å²) in [6.45, 7) is 0. The lowest BCUT2D eigenvalue weighted by Crippen LogP contribution is -2.25. The van der Waals surface area contributed by atoms with Crippen LogP contribution in [0.4, 0.5) is 9.18 Å². The average molecular weight is 426 g/mol. The first-order valence-electron chi connectivity index (χ1n) is 8.67. The molecule has 0 bridgehead atoms. The maximum absolute atomic E-state index is 13.3. The molecule has 4 aromatic rings. The Bertz CT molecular complexity index is 1350. The van der Waals surface area contributed by atoms with Crippen molar-refractivity contribution in [2.45, 2.75) is 4.90 Å². The van der Waals surface area contributed by atoms with Crippen LogP contribution >= 0.6 is 0 Å². The number of hydrogen-bond donors (Lipinski definition) is 1. The molecule has 152 valence electrons. The van der Waals surface area contributed by atoms with Gasteiger partial charge in [0.15, 0.2) is 21.4 Å². The van der Waals surface area contributed by atoms with E-state index in [1.54, 1.807) is 30.5 Å². The average Bonchev–Trinajstić information content (AvgIpc) is 3.10. The van der Waals surface area contributed by atoms with Crippen LogP contribution in [0.2, 0.25) is 0 Å². The van der Waals surface area contributed by atoms with Crippen LogP contribution in [0.5, 0.6) is 5.75 Å². The summed E-state index contributed by atoms with van der Waals surface area (Å²) in [6.07, 6.45) is 4.52. The number of benzene rings is 2. The summed E-state index contributed by atoms with van der Waals surface area (Å²) in [5.74, 6) is -0.0118. The van der Waals surface area contributed by atoms with Crippen molar-refractivity contribution in [2.75, 3.05) is 11.7 Å². The molecule has 30 heavy (non-hydrogen) atoms. The fourth-order valence-corrected chi connectivity index (χ4v) is 3.48. The molecule has 10 heteroatoms. The minimum Gasteiger partial charge on any atom is -0.406 e. The second-order valence-electron chi connectivity index (χ2n) is 6.43. The van der Waals surface area contributed by atoms with Crippen molar-refractivity contribution in [3.05, 3.63) is 72.9 Å². The van der Waals surface area contributed by atoms with Gasteiger partial charge in [0, 0.05) is 23.4 Å². The number of nitrogens with zero attached hydrogens (tertiary/aromatic N) is 3. The zero-order valence-corrected chi connectivity index (χ0v) is 16.4. The van der Waals surface area contributed by atoms with E-state index >= 15 is 0 Å². The molecule has 2 aromatic carbocycles. The lowest BCUT2D eigenvalue weighted by Gasteiger charge is -2.09. The van der Waals surface area contributed by atoms with E-state index in [0.717, 1.165) is 6.26 Å². The molecule has 0 radical (unpaired) electrons. The Hall–Kier alpha value is -3.79. The van der Waals surface area contributed by atoms with E-state index in [-0.39, 0.29) is 10.6 Å². The van der Waals surface area contributed by atoms with E-state index < -0.39 is 21.7 Å². The standard InChI is InChI=1S/C20H15FN4O4S/c1-30(27,28)17-5-6-18-13(10-17)7-8-25(18)24-20(26)29-16-11-22-19(23-12-16)14-3-2-4-15(21)9-14/h2-12H,1H3,(H,24,26). The van der Waals surface area contributed by atoms with Gasteiger partial charge in [0.25, 0.3) is 0 Å². The summed E-state index contributed by atoms with van der Waals surface area (Å²) in [4.78, 5) is 20.5. The molecule has 0 aliphatic rings. The highest BCUT2D eigenvalue weighted by Gasteiger charge is 2.12. The predicted molar refractivity (Wildman–Crippen MR) is 108 cm³/mol. The number of rotatable bonds is 4. The Balaban J connectivity index is 1.47. The van der Waals surface area contributed by atoms with Crippen LogP contribution in [0, 0.1) is 5.82 Å². The number of ether oxygens (including phenoxy) is 1. The normalized spacial score (nSPS) is 11.4. The molecular weight excluding hydrogens is 411 g/mol. The van der Waals surface area contributed by atoms with Crippen molar-refractivity contribution in [3.8, 4) is 17.1 Å². The van der Waals surface area contributed by atoms with E-state index in [1.807, 2.05) is 0 Å². The zero-order valence-electron chi connectivity index (χ0n) is 15.6. The van der Waals surface area contributed by atoms with Crippen LogP contribution in [0.3, 0.4) is 0 Å². The summed E-state index contributed by atoms with van der Waals surface area (Å²) < 4.78 is 43.2. The van der Waals surface area contributed by atoms with Gasteiger partial charge < -0.3 is 4.74 Å². The van der Waals surface area contributed by atoms with Crippen molar-refractivity contribution in [1.29, 1.82) is 0 Å². The van der Waals surface area contributed by atoms with Gasteiger partial charge in [-0.15, -0.1) is 0 Å². The fraction of sp³-hybridized carbons (Fsp3) is 0.0500. The molecule has 0 atom stereocenters. The minimum atomic E-state index is -3.33. The Morgan fingerprint density at radius 1 is 1.10 bits per heavy atom. The molecular formula is C20H15FN4O4S. The van der Waals surface area contributed by atoms with Crippen molar-refractivity contribution >= 4 is 26.8 Å². The van der Waals surface area contributed by atoms with Crippen molar-refractivity contribution in [3.63, 3.8) is 0 Å². The predicted octanol–water partition coefficient (Wildman–Crippen LogP) is 3.38. The van der Waals surface area contributed by atoms with Gasteiger partial charge in [0.05, 0.1) is 22.8 Å². The number of amides is 1. The van der Waals surface area contributed by atoms with E-state index in [2.05, 4.69) is 15.4 Å². The SMILES string of the molecule is CS(=O)(=O)c1ccc2c(ccn2NC(=O)Oc2cnc(-c3cccc(F)c3)nc2)c1. The van der Waals surface area contributed by atoms with Crippen LogP contribution < -0.4 is 10.2 Å². The number of aromatic nitrogens is 3. The van der Waals surface area contributed by atoms with E-state index in [0.29, 0.717) is 22.3 Å². The quantitative estimate of drug-likeness (QED) is 0.537. The number of fused-ring (bicyclic) bond motifs is 1. The van der Waals surface area contributed by atoms with E-state index in [1.165, 1.54) is 41.3 Å². The van der Waals surface area contributed by atoms with Crippen molar-refractivity contribution < 1.29 is 22.3 Å². The first-order chi connectivity index (χ1) is 14.3. The van der Waals surface area contributed by atoms with Gasteiger partial charge in [-0.25, -0.2) is 33.0 Å². The molecule has 0 saturated carbocycles. The first-order valence-corrected chi connectivity index (χ1v) is 10.6. The molecule has 0 aliphatic heterocycles. The molecule has 8 nitrogen and oxygen atoms in total. The van der Waals surface area contributed by atoms with Gasteiger partial charge in [-0.2, -0.15) is 0 Å². The third kappa shape index (κ3) is 4.13. The summed E-state index contributed by atoms with van der Waals surface area (Å²) >= 11 is 0. The molecule has 1 N–H and O–H groups in total. The number of halogens is 1. The number of carbonyl (C=O) groups excluding carboxylic acids is 1. The molecule has 0 aliphatic carbocycles. The highest BCUT2D eigenvalue weighted by molar-refractivity contribution is 7.90. The van der Waals surface area contributed by atoms with Crippen LogP contribution in [0.1, 0.15) is 0 Å². The monoisotopic (exact) mass is 426 g/mol. The molecule has 4 rings (SSSR count). The summed E-state index contributed by atoms with van der Waals surface area (Å²) in [5, 5.41) is 0.640. The number of sulfone groups is 1. The maximum Gasteiger partial charge on any atom is 0.432 e. The van der Waals surface area contributed by atoms with Gasteiger partial charge in [0.1, 0.15) is 5.82 Å². The molecule has 0 fully saturated rings. The Kier molecular flexibility index (Phi) is 4.92. The second kappa shape index (κ2) is 7.56. The molecule has 1 amide bonds. The van der Waals surface area contributed by atoms with Gasteiger partial charge in [-0.1, -0.05) is 12.1 Å². The Labute approximate surface area is 170 Å². The Morgan fingerprint density at radius 2 is 1.87 bits per heavy atom. The number of carbonyl (C=O) groups is 1. The fourth-order valence-electron chi connectivity index (χ4n) is 2.82. The van der Waals surface area contributed by atoms with Crippen LogP contribution in [0.25, 0.3) is 22.3 Å². The van der Waals surface area contributed by atoms with Crippen molar-refractivity contribution in [1.82, 2.24) is 14.6 Å². The van der Waals surface area contributed by atoms with Gasteiger partial charge in [-0.3, -0.25) is 4.68 Å². The molecule has 2 aromatic heterocycles. The first kappa shape index (κ1) is 19.5. The van der Waals surface area contributed by atoms with Crippen molar-refractivity contribution in [2.24, 2.45) is 0 Å². The Morgan fingerprint density at radius 3 is 2.57 bits per heavy atom. The topological polar surface area (TPSA) is 103 Å². The molecule has 0 unspecified atom stereocenters. The van der Waals surface area contributed by atoms with Gasteiger partial charge in [0.2, 0.25) is 0 Å². The van der Waals surface area contributed by atoms with Crippen LogP contribution in [-0.4, -0.2) is 35.4 Å². The molecule has 2 heterocycles. The van der Waals surface area contributed by atoms with Gasteiger partial charge in [-0.05, 0) is 36.4 Å². The molecule has 0 spiro atoms. The summed E-state index contributed by atoms with van der Waals surface area (Å²) in [5.41, 5.74) is 3.62. The third-order valence-corrected chi connectivity index (χ3v) is 5.33. The lowest BCUT2D eigenvalue weighted by molar-refractivity contribution is 0.211. The van der Waals surface area contributed by atoms with Gasteiger partial charge >= 0.3 is 6.09 Å². The zero-order chi connectivity index (χ0) is 21.3. The second-order valence-corrected chi connectivity index (χ2v) is 8.45. The highest BCUT2D eigenvalue weighted by atomic mass is 32.2. The smallest absolute Gasteiger partial charge is 0.406 e. The highest BCUT2D eigenvalue weighted by Crippen LogP contribution is 2.20. The van der Waals surface area contributed by atoms with Crippen LogP contribution in [-0.2, 0) is 9.84 Å². The van der Waals surface area contributed by atoms with E-state index in [4.69, 9.17) is 4.74 Å². The van der Waals surface area contributed by atoms with E-state index in [9.17, 15) is 17.6 Å². The third-order valence-electron chi connectivity index (χ3n) is 4.22. The maximum atomic E-state index is 13.3. The lowest BCUT2D eigenvalue weighted by atomic mass is 10.2. The largest absolute Gasteiger partial charge is 0.432 e. The minimum absolute atomic E-state index is 0.100. The number of nitrogens with one attached hydrogen (secondary N) is 1. The number of hydrogen-bond acceptors (Lipinski definition) is 6. The summed E-state index contributed by atoms with van der Waals surface area (Å²) in [7, 11) is -3.33. The summed E-state index contributed by atoms with van der Waals surface area (Å²) in [6, 6.07) is 12.1. The molecule has 0 saturated heterocycles.